The largest absolute Gasteiger partial charge is 0.367 e. The number of hydrogen-bond acceptors (Lipinski definition) is 5. The summed E-state index contributed by atoms with van der Waals surface area (Å²) in [5, 5.41) is 8.92. The highest BCUT2D eigenvalue weighted by Crippen LogP contribution is 2.25. The van der Waals surface area contributed by atoms with Crippen LogP contribution in [0.4, 0.5) is 5.69 Å². The Morgan fingerprint density at radius 2 is 1.46 bits per heavy atom. The van der Waals surface area contributed by atoms with Crippen molar-refractivity contribution in [2.45, 2.75) is 17.9 Å². The van der Waals surface area contributed by atoms with Crippen molar-refractivity contribution in [2.24, 2.45) is 0 Å². The summed E-state index contributed by atoms with van der Waals surface area (Å²) in [5.41, 5.74) is 4.85. The molecule has 0 unspecified atom stereocenters. The second-order valence-electron chi connectivity index (χ2n) is 8.82. The van der Waals surface area contributed by atoms with Crippen LogP contribution in [0, 0.1) is 11.3 Å². The van der Waals surface area contributed by atoms with Crippen molar-refractivity contribution in [3.05, 3.63) is 95.1 Å². The van der Waals surface area contributed by atoms with Gasteiger partial charge in [-0.15, -0.1) is 0 Å². The molecule has 0 atom stereocenters. The van der Waals surface area contributed by atoms with Gasteiger partial charge in [-0.3, -0.25) is 4.79 Å². The van der Waals surface area contributed by atoms with Crippen LogP contribution in [0.5, 0.6) is 0 Å². The Labute approximate surface area is 205 Å². The summed E-state index contributed by atoms with van der Waals surface area (Å²) in [7, 11) is -3.66. The predicted molar refractivity (Wildman–Crippen MR) is 133 cm³/mol. The number of hydrogen-bond donors (Lipinski definition) is 0. The molecule has 3 aromatic carbocycles. The molecular formula is C27H26N4O3S. The average Bonchev–Trinajstić information content (AvgIpc) is 2.92. The molecule has 0 bridgehead atoms. The minimum Gasteiger partial charge on any atom is -0.367 e. The van der Waals surface area contributed by atoms with Crippen LogP contribution in [0.3, 0.4) is 0 Å². The Hall–Kier alpha value is -3.67. The highest BCUT2D eigenvalue weighted by Gasteiger charge is 2.30. The first-order valence-corrected chi connectivity index (χ1v) is 13.1. The van der Waals surface area contributed by atoms with E-state index in [1.807, 2.05) is 30.3 Å². The second kappa shape index (κ2) is 9.53. The van der Waals surface area contributed by atoms with Gasteiger partial charge in [0.15, 0.2) is 0 Å². The SMILES string of the molecule is N#Cc1ccc(S(=O)(=O)N2CCN(C(=O)c3ccc(N4CCc5ccccc5C4)cc3)CC2)cc1. The number of anilines is 1. The lowest BCUT2D eigenvalue weighted by Crippen LogP contribution is -2.50. The number of amides is 1. The van der Waals surface area contributed by atoms with Crippen molar-refractivity contribution in [3.63, 3.8) is 0 Å². The van der Waals surface area contributed by atoms with Crippen LogP contribution in [-0.2, 0) is 23.0 Å². The first-order chi connectivity index (χ1) is 17.0. The molecule has 1 saturated heterocycles. The van der Waals surface area contributed by atoms with Crippen molar-refractivity contribution in [1.29, 1.82) is 5.26 Å². The van der Waals surface area contributed by atoms with Crippen molar-refractivity contribution in [2.75, 3.05) is 37.6 Å². The van der Waals surface area contributed by atoms with Gasteiger partial charge in [0.2, 0.25) is 10.0 Å². The number of nitriles is 1. The molecular weight excluding hydrogens is 460 g/mol. The lowest BCUT2D eigenvalue weighted by Gasteiger charge is -2.34. The van der Waals surface area contributed by atoms with Crippen LogP contribution in [0.25, 0.3) is 0 Å². The number of rotatable bonds is 4. The Kier molecular flexibility index (Phi) is 6.29. The fraction of sp³-hybridized carbons (Fsp3) is 0.259. The quantitative estimate of drug-likeness (QED) is 0.565. The van der Waals surface area contributed by atoms with Gasteiger partial charge in [0.1, 0.15) is 0 Å². The standard InChI is InChI=1S/C27H26N4O3S/c28-19-21-5-11-26(12-6-21)35(33,34)31-17-15-29(16-18-31)27(32)23-7-9-25(10-8-23)30-14-13-22-3-1-2-4-24(22)20-30/h1-12H,13-18,20H2. The summed E-state index contributed by atoms with van der Waals surface area (Å²) in [6.45, 7) is 2.94. The first-order valence-electron chi connectivity index (χ1n) is 11.7. The van der Waals surface area contributed by atoms with Crippen molar-refractivity contribution in [3.8, 4) is 6.07 Å². The number of nitrogens with zero attached hydrogens (tertiary/aromatic N) is 4. The molecule has 0 radical (unpaired) electrons. The van der Waals surface area contributed by atoms with Crippen molar-refractivity contribution in [1.82, 2.24) is 9.21 Å². The minimum absolute atomic E-state index is 0.0871. The molecule has 8 heteroatoms. The number of carbonyl (C=O) groups excluding carboxylic acids is 1. The van der Waals surface area contributed by atoms with Gasteiger partial charge < -0.3 is 9.80 Å². The van der Waals surface area contributed by atoms with E-state index in [0.29, 0.717) is 24.2 Å². The van der Waals surface area contributed by atoms with E-state index in [2.05, 4.69) is 29.2 Å². The van der Waals surface area contributed by atoms with Gasteiger partial charge in [-0.2, -0.15) is 9.57 Å². The van der Waals surface area contributed by atoms with E-state index in [0.717, 1.165) is 25.2 Å². The average molecular weight is 487 g/mol. The Morgan fingerprint density at radius 1 is 0.800 bits per heavy atom. The van der Waals surface area contributed by atoms with Crippen molar-refractivity contribution < 1.29 is 13.2 Å². The van der Waals surface area contributed by atoms with Gasteiger partial charge in [-0.05, 0) is 66.1 Å². The third kappa shape index (κ3) is 4.65. The summed E-state index contributed by atoms with van der Waals surface area (Å²) < 4.78 is 27.3. The first kappa shape index (κ1) is 23.1. The second-order valence-corrected chi connectivity index (χ2v) is 10.8. The van der Waals surface area contributed by atoms with E-state index in [1.165, 1.54) is 39.7 Å². The molecule has 0 aromatic heterocycles. The summed E-state index contributed by atoms with van der Waals surface area (Å²) >= 11 is 0. The lowest BCUT2D eigenvalue weighted by molar-refractivity contribution is 0.0698. The van der Waals surface area contributed by atoms with Gasteiger partial charge in [0.25, 0.3) is 5.91 Å². The number of carbonyl (C=O) groups is 1. The van der Waals surface area contributed by atoms with Gasteiger partial charge in [-0.25, -0.2) is 8.42 Å². The Bertz CT molecular complexity index is 1370. The predicted octanol–water partition coefficient (Wildman–Crippen LogP) is 3.27. The van der Waals surface area contributed by atoms with Gasteiger partial charge in [-0.1, -0.05) is 24.3 Å². The van der Waals surface area contributed by atoms with E-state index in [4.69, 9.17) is 5.26 Å². The van der Waals surface area contributed by atoms with Gasteiger partial charge in [0.05, 0.1) is 16.5 Å². The summed E-state index contributed by atoms with van der Waals surface area (Å²) in [6, 6.07) is 24.1. The highest BCUT2D eigenvalue weighted by molar-refractivity contribution is 7.89. The lowest BCUT2D eigenvalue weighted by atomic mass is 9.99. The fourth-order valence-corrected chi connectivity index (χ4v) is 6.12. The molecule has 2 aliphatic heterocycles. The molecule has 5 rings (SSSR count). The molecule has 7 nitrogen and oxygen atoms in total. The van der Waals surface area contributed by atoms with E-state index >= 15 is 0 Å². The monoisotopic (exact) mass is 486 g/mol. The van der Waals surface area contributed by atoms with Crippen LogP contribution in [0.2, 0.25) is 0 Å². The number of benzene rings is 3. The number of piperazine rings is 1. The maximum atomic E-state index is 13.1. The van der Waals surface area contributed by atoms with Crippen LogP contribution in [0.15, 0.2) is 77.7 Å². The number of fused-ring (bicyclic) bond motifs is 1. The zero-order chi connectivity index (χ0) is 24.4. The molecule has 2 aliphatic rings. The third-order valence-electron chi connectivity index (χ3n) is 6.76. The van der Waals surface area contributed by atoms with E-state index in [-0.39, 0.29) is 23.9 Å². The topological polar surface area (TPSA) is 84.7 Å². The minimum atomic E-state index is -3.66. The maximum absolute atomic E-state index is 13.1. The molecule has 0 N–H and O–H groups in total. The molecule has 178 valence electrons. The summed E-state index contributed by atoms with van der Waals surface area (Å²) in [5.74, 6) is -0.0871. The molecule has 3 aromatic rings. The highest BCUT2D eigenvalue weighted by atomic mass is 32.2. The van der Waals surface area contributed by atoms with E-state index in [9.17, 15) is 13.2 Å². The Balaban J connectivity index is 1.21. The van der Waals surface area contributed by atoms with Gasteiger partial charge in [0, 0.05) is 50.5 Å². The zero-order valence-electron chi connectivity index (χ0n) is 19.3. The third-order valence-corrected chi connectivity index (χ3v) is 8.67. The molecule has 0 spiro atoms. The molecule has 35 heavy (non-hydrogen) atoms. The maximum Gasteiger partial charge on any atom is 0.253 e. The zero-order valence-corrected chi connectivity index (χ0v) is 20.1. The van der Waals surface area contributed by atoms with E-state index in [1.54, 1.807) is 4.90 Å². The molecule has 1 fully saturated rings. The molecule has 2 heterocycles. The van der Waals surface area contributed by atoms with Crippen LogP contribution >= 0.6 is 0 Å². The fourth-order valence-electron chi connectivity index (χ4n) is 4.70. The molecule has 0 aliphatic carbocycles. The molecule has 0 saturated carbocycles. The summed E-state index contributed by atoms with van der Waals surface area (Å²) in [6.07, 6.45) is 1.01. The Morgan fingerprint density at radius 3 is 2.11 bits per heavy atom. The van der Waals surface area contributed by atoms with Crippen LogP contribution in [0.1, 0.15) is 27.0 Å². The van der Waals surface area contributed by atoms with E-state index < -0.39 is 10.0 Å². The smallest absolute Gasteiger partial charge is 0.253 e. The van der Waals surface area contributed by atoms with Crippen LogP contribution in [-0.4, -0.2) is 56.3 Å². The van der Waals surface area contributed by atoms with Crippen molar-refractivity contribution >= 4 is 21.6 Å². The number of sulfonamides is 1. The normalized spacial score (nSPS) is 16.4. The van der Waals surface area contributed by atoms with Crippen LogP contribution < -0.4 is 4.90 Å². The van der Waals surface area contributed by atoms with Gasteiger partial charge >= 0.3 is 0 Å². The molecule has 1 amide bonds. The summed E-state index contributed by atoms with van der Waals surface area (Å²) in [4.78, 5) is 17.2.